The van der Waals surface area contributed by atoms with Crippen LogP contribution < -0.4 is 10.0 Å². The number of anilines is 1. The monoisotopic (exact) mass is 436 g/mol. The van der Waals surface area contributed by atoms with Crippen molar-refractivity contribution in [3.63, 3.8) is 0 Å². The number of halogens is 1. The zero-order chi connectivity index (χ0) is 21.6. The van der Waals surface area contributed by atoms with Gasteiger partial charge in [0.15, 0.2) is 0 Å². The van der Waals surface area contributed by atoms with Crippen LogP contribution in [0, 0.1) is 12.7 Å². The summed E-state index contributed by atoms with van der Waals surface area (Å²) in [5.74, 6) is -1.27. The second-order valence-electron chi connectivity index (χ2n) is 7.44. The Kier molecular flexibility index (Phi) is 5.05. The van der Waals surface area contributed by atoms with E-state index in [1.54, 1.807) is 0 Å². The molecule has 1 heterocycles. The zero-order valence-electron chi connectivity index (χ0n) is 16.6. The number of hydrogen-bond donors (Lipinski definition) is 2. The van der Waals surface area contributed by atoms with Crippen LogP contribution in [0.5, 0.6) is 0 Å². The van der Waals surface area contributed by atoms with Crippen LogP contribution in [0.4, 0.5) is 14.9 Å². The molecule has 0 radical (unpaired) electrons. The Morgan fingerprint density at radius 3 is 2.20 bits per heavy atom. The minimum Gasteiger partial charge on any atom is -0.463 e. The number of esters is 1. The fraction of sp³-hybridized carbons (Fsp3) is 0.400. The van der Waals surface area contributed by atoms with Gasteiger partial charge in [0.1, 0.15) is 5.82 Å². The second-order valence-corrected chi connectivity index (χ2v) is 9.05. The third-order valence-corrected chi connectivity index (χ3v) is 6.75. The molecule has 1 aromatic heterocycles. The van der Waals surface area contributed by atoms with Gasteiger partial charge in [-0.15, -0.1) is 0 Å². The molecule has 2 amide bonds. The highest BCUT2D eigenvalue weighted by Crippen LogP contribution is 2.40. The van der Waals surface area contributed by atoms with Crippen molar-refractivity contribution in [2.75, 3.05) is 12.4 Å². The molecule has 0 saturated carbocycles. The van der Waals surface area contributed by atoms with E-state index in [0.717, 1.165) is 37.1 Å². The number of nitrogens with one attached hydrogen (secondary N) is 2. The van der Waals surface area contributed by atoms with Crippen molar-refractivity contribution in [1.29, 1.82) is 0 Å². The van der Waals surface area contributed by atoms with Gasteiger partial charge in [-0.25, -0.2) is 18.7 Å². The van der Waals surface area contributed by atoms with Gasteiger partial charge in [-0.3, -0.25) is 0 Å². The van der Waals surface area contributed by atoms with Crippen LogP contribution in [-0.4, -0.2) is 27.5 Å². The van der Waals surface area contributed by atoms with Crippen molar-refractivity contribution >= 4 is 27.7 Å². The quantitative estimate of drug-likeness (QED) is 0.712. The Morgan fingerprint density at radius 2 is 1.63 bits per heavy atom. The number of carbonyl (C=O) groups is 2. The lowest BCUT2D eigenvalue weighted by Gasteiger charge is -2.17. The molecule has 2 aliphatic carbocycles. The molecule has 160 valence electrons. The minimum atomic E-state index is -4.37. The average molecular weight is 436 g/mol. The van der Waals surface area contributed by atoms with E-state index in [0.29, 0.717) is 42.5 Å². The molecule has 2 aromatic rings. The fourth-order valence-corrected chi connectivity index (χ4v) is 5.15. The van der Waals surface area contributed by atoms with E-state index in [4.69, 9.17) is 4.42 Å². The van der Waals surface area contributed by atoms with Gasteiger partial charge in [0.05, 0.1) is 7.11 Å². The molecule has 0 spiro atoms. The highest BCUT2D eigenvalue weighted by atomic mass is 32.2. The molecule has 8 nitrogen and oxygen atoms in total. The Labute approximate surface area is 172 Å². The SMILES string of the molecule is COC(=O)c1oc(S(=O)(=O)NC(=O)Nc2c3c(c(F)c4c2CCC4)CCC3)cc1C. The number of methoxy groups -OCH3 is 1. The number of carbonyl (C=O) groups excluding carboxylic acids is 2. The smallest absolute Gasteiger partial charge is 0.374 e. The zero-order valence-corrected chi connectivity index (χ0v) is 17.4. The normalized spacial score (nSPS) is 14.9. The van der Waals surface area contributed by atoms with Crippen molar-refractivity contribution in [1.82, 2.24) is 4.72 Å². The van der Waals surface area contributed by atoms with Gasteiger partial charge < -0.3 is 14.5 Å². The molecule has 2 N–H and O–H groups in total. The summed E-state index contributed by atoms with van der Waals surface area (Å²) in [5.41, 5.74) is 3.47. The molecule has 4 rings (SSSR count). The van der Waals surface area contributed by atoms with Crippen LogP contribution in [0.15, 0.2) is 15.6 Å². The molecule has 0 atom stereocenters. The summed E-state index contributed by atoms with van der Waals surface area (Å²) in [4.78, 5) is 24.2. The summed E-state index contributed by atoms with van der Waals surface area (Å²) >= 11 is 0. The summed E-state index contributed by atoms with van der Waals surface area (Å²) in [6, 6.07) is 0.160. The van der Waals surface area contributed by atoms with E-state index in [2.05, 4.69) is 10.1 Å². The largest absolute Gasteiger partial charge is 0.463 e. The molecule has 10 heteroatoms. The number of rotatable bonds is 4. The lowest BCUT2D eigenvalue weighted by Crippen LogP contribution is -2.34. The maximum Gasteiger partial charge on any atom is 0.374 e. The van der Waals surface area contributed by atoms with Crippen LogP contribution >= 0.6 is 0 Å². The molecule has 1 aromatic carbocycles. The van der Waals surface area contributed by atoms with Gasteiger partial charge in [-0.2, -0.15) is 8.42 Å². The van der Waals surface area contributed by atoms with Gasteiger partial charge in [-0.1, -0.05) is 0 Å². The van der Waals surface area contributed by atoms with Gasteiger partial charge in [0.25, 0.3) is 10.0 Å². The van der Waals surface area contributed by atoms with Crippen molar-refractivity contribution < 1.29 is 31.6 Å². The summed E-state index contributed by atoms with van der Waals surface area (Å²) < 4.78 is 51.4. The van der Waals surface area contributed by atoms with Crippen LogP contribution in [-0.2, 0) is 40.4 Å². The number of urea groups is 1. The predicted molar refractivity (Wildman–Crippen MR) is 105 cm³/mol. The Balaban J connectivity index is 1.60. The third kappa shape index (κ3) is 3.34. The van der Waals surface area contributed by atoms with Crippen molar-refractivity contribution in [3.8, 4) is 0 Å². The standard InChI is InChI=1S/C20H21FN2O6S/c1-10-9-15(29-18(10)19(24)28-2)30(26,27)23-20(25)22-17-13-7-3-5-11(13)16(21)12-6-4-8-14(12)17/h9H,3-8H2,1-2H3,(H2,22,23,25). The number of benzene rings is 1. The molecule has 2 aliphatic rings. The van der Waals surface area contributed by atoms with E-state index >= 15 is 0 Å². The number of furan rings is 1. The number of ether oxygens (including phenoxy) is 1. The van der Waals surface area contributed by atoms with Crippen LogP contribution in [0.1, 0.15) is 51.2 Å². The number of hydrogen-bond acceptors (Lipinski definition) is 6. The molecule has 0 unspecified atom stereocenters. The summed E-state index contributed by atoms with van der Waals surface area (Å²) in [6.45, 7) is 1.49. The second kappa shape index (κ2) is 7.42. The van der Waals surface area contributed by atoms with Crippen molar-refractivity contribution in [3.05, 3.63) is 45.5 Å². The Morgan fingerprint density at radius 1 is 1.07 bits per heavy atom. The van der Waals surface area contributed by atoms with Crippen LogP contribution in [0.3, 0.4) is 0 Å². The van der Waals surface area contributed by atoms with Gasteiger partial charge in [0, 0.05) is 17.3 Å². The van der Waals surface area contributed by atoms with Crippen molar-refractivity contribution in [2.24, 2.45) is 0 Å². The lowest BCUT2D eigenvalue weighted by atomic mass is 9.98. The molecule has 30 heavy (non-hydrogen) atoms. The molecular weight excluding hydrogens is 415 g/mol. The first kappa shape index (κ1) is 20.4. The molecule has 0 aliphatic heterocycles. The van der Waals surface area contributed by atoms with Crippen LogP contribution in [0.25, 0.3) is 0 Å². The average Bonchev–Trinajstić information content (AvgIpc) is 3.43. The van der Waals surface area contributed by atoms with E-state index < -0.39 is 27.1 Å². The van der Waals surface area contributed by atoms with Crippen molar-refractivity contribution in [2.45, 2.75) is 50.5 Å². The first-order valence-corrected chi connectivity index (χ1v) is 11.1. The van der Waals surface area contributed by atoms with Crippen LogP contribution in [0.2, 0.25) is 0 Å². The van der Waals surface area contributed by atoms with E-state index in [-0.39, 0.29) is 17.1 Å². The molecule has 0 bridgehead atoms. The van der Waals surface area contributed by atoms with Gasteiger partial charge in [-0.05, 0) is 67.7 Å². The first-order chi connectivity index (χ1) is 14.2. The Hall–Kier alpha value is -2.88. The summed E-state index contributed by atoms with van der Waals surface area (Å²) in [7, 11) is -3.23. The highest BCUT2D eigenvalue weighted by Gasteiger charge is 2.31. The van der Waals surface area contributed by atoms with E-state index in [9.17, 15) is 22.4 Å². The highest BCUT2D eigenvalue weighted by molar-refractivity contribution is 7.89. The van der Waals surface area contributed by atoms with Gasteiger partial charge >= 0.3 is 12.0 Å². The maximum absolute atomic E-state index is 14.7. The third-order valence-electron chi connectivity index (χ3n) is 5.57. The summed E-state index contributed by atoms with van der Waals surface area (Å²) in [6.07, 6.45) is 4.02. The van der Waals surface area contributed by atoms with E-state index in [1.165, 1.54) is 6.92 Å². The minimum absolute atomic E-state index is 0.185. The lowest BCUT2D eigenvalue weighted by molar-refractivity contribution is 0.0558. The molecule has 0 fully saturated rings. The topological polar surface area (TPSA) is 115 Å². The Bertz CT molecular complexity index is 1130. The first-order valence-electron chi connectivity index (χ1n) is 9.60. The summed E-state index contributed by atoms with van der Waals surface area (Å²) in [5, 5.41) is 2.04. The van der Waals surface area contributed by atoms with Gasteiger partial charge in [0.2, 0.25) is 10.9 Å². The fourth-order valence-electron chi connectivity index (χ4n) is 4.23. The molecule has 0 saturated heterocycles. The number of amides is 2. The number of fused-ring (bicyclic) bond motifs is 2. The predicted octanol–water partition coefficient (Wildman–Crippen LogP) is 3.00. The van der Waals surface area contributed by atoms with E-state index in [1.807, 2.05) is 4.72 Å². The maximum atomic E-state index is 14.7. The number of aryl methyl sites for hydroxylation is 1. The molecular formula is C20H21FN2O6S. The number of sulfonamides is 1.